The Bertz CT molecular complexity index is 1100. The zero-order valence-corrected chi connectivity index (χ0v) is 36.5. The maximum Gasteiger partial charge on any atom is 0.472 e. The second kappa shape index (κ2) is 33.2. The summed E-state index contributed by atoms with van der Waals surface area (Å²) in [5.41, 5.74) is 0. The number of epoxide rings is 1. The maximum absolute atomic E-state index is 12.7. The summed E-state index contributed by atoms with van der Waals surface area (Å²) in [4.78, 5) is 35.4. The Hall–Kier alpha value is -1.81. The minimum atomic E-state index is -4.38. The molecule has 55 heavy (non-hydrogen) atoms. The third-order valence-corrected chi connectivity index (χ3v) is 10.6. The van der Waals surface area contributed by atoms with E-state index in [1.165, 1.54) is 51.4 Å². The van der Waals surface area contributed by atoms with E-state index in [9.17, 15) is 19.0 Å². The number of allylic oxidation sites excluding steroid dienone is 5. The molecule has 10 nitrogen and oxygen atoms in total. The van der Waals surface area contributed by atoms with Gasteiger partial charge in [0.1, 0.15) is 19.8 Å². The van der Waals surface area contributed by atoms with Crippen LogP contribution in [0.2, 0.25) is 0 Å². The van der Waals surface area contributed by atoms with Gasteiger partial charge in [-0.2, -0.15) is 0 Å². The minimum absolute atomic E-state index is 0.0234. The average Bonchev–Trinajstić information content (AvgIpc) is 3.89. The van der Waals surface area contributed by atoms with Crippen LogP contribution in [0.3, 0.4) is 0 Å². The molecule has 1 saturated heterocycles. The van der Waals surface area contributed by atoms with E-state index < -0.39 is 26.5 Å². The molecule has 0 aromatic carbocycles. The monoisotopic (exact) mass is 799 g/mol. The highest BCUT2D eigenvalue weighted by Crippen LogP contribution is 2.43. The van der Waals surface area contributed by atoms with Crippen LogP contribution in [-0.4, -0.2) is 87.1 Å². The van der Waals surface area contributed by atoms with Gasteiger partial charge in [-0.15, -0.1) is 0 Å². The molecular weight excluding hydrogens is 717 g/mol. The molecule has 1 aliphatic heterocycles. The van der Waals surface area contributed by atoms with Gasteiger partial charge in [0.05, 0.1) is 40.0 Å². The van der Waals surface area contributed by atoms with Crippen LogP contribution in [0.4, 0.5) is 0 Å². The molecule has 1 fully saturated rings. The lowest BCUT2D eigenvalue weighted by Gasteiger charge is -2.24. The summed E-state index contributed by atoms with van der Waals surface area (Å²) in [6, 6.07) is 0. The van der Waals surface area contributed by atoms with Crippen molar-refractivity contribution in [1.82, 2.24) is 0 Å². The molecule has 1 heterocycles. The molecule has 0 saturated carbocycles. The van der Waals surface area contributed by atoms with Gasteiger partial charge in [0.15, 0.2) is 6.10 Å². The molecule has 0 aromatic heterocycles. The first-order valence-corrected chi connectivity index (χ1v) is 23.3. The van der Waals surface area contributed by atoms with Crippen LogP contribution in [0.25, 0.3) is 0 Å². The number of likely N-dealkylation sites (N-methyl/N-ethyl adjacent to an activating group) is 1. The zero-order valence-electron chi connectivity index (χ0n) is 35.6. The number of esters is 2. The van der Waals surface area contributed by atoms with Crippen molar-refractivity contribution in [3.8, 4) is 0 Å². The predicted molar refractivity (Wildman–Crippen MR) is 224 cm³/mol. The number of phosphoric ester groups is 1. The largest absolute Gasteiger partial charge is 0.472 e. The highest BCUT2D eigenvalue weighted by atomic mass is 31.2. The Morgan fingerprint density at radius 3 is 1.84 bits per heavy atom. The van der Waals surface area contributed by atoms with Crippen molar-refractivity contribution in [2.24, 2.45) is 0 Å². The summed E-state index contributed by atoms with van der Waals surface area (Å²) in [5, 5.41) is 0. The van der Waals surface area contributed by atoms with E-state index in [2.05, 4.69) is 50.3 Å². The van der Waals surface area contributed by atoms with Gasteiger partial charge >= 0.3 is 19.8 Å². The third-order valence-electron chi connectivity index (χ3n) is 9.57. The number of quaternary nitrogens is 1. The van der Waals surface area contributed by atoms with Crippen LogP contribution in [0.5, 0.6) is 0 Å². The van der Waals surface area contributed by atoms with E-state index >= 15 is 0 Å². The number of phosphoric acid groups is 1. The molecule has 0 spiro atoms. The SMILES string of the molecule is CCCCC/C=C\C/C=C\CCCCCCCC(=O)OC[C@H](COP(=O)(O)OCC[N+](C)(C)C)OC(=O)CCCCCCC/C=C\CC1OC1CCCCC. The Balaban J connectivity index is 2.30. The van der Waals surface area contributed by atoms with Crippen LogP contribution in [0.15, 0.2) is 36.5 Å². The number of hydrogen-bond donors (Lipinski definition) is 1. The van der Waals surface area contributed by atoms with Crippen LogP contribution in [0.1, 0.15) is 168 Å². The lowest BCUT2D eigenvalue weighted by atomic mass is 10.1. The van der Waals surface area contributed by atoms with E-state index in [1.807, 2.05) is 21.1 Å². The van der Waals surface area contributed by atoms with Gasteiger partial charge in [-0.3, -0.25) is 18.6 Å². The number of ether oxygens (including phenoxy) is 3. The number of carbonyl (C=O) groups is 2. The fraction of sp³-hybridized carbons (Fsp3) is 0.818. The first-order valence-electron chi connectivity index (χ1n) is 21.8. The van der Waals surface area contributed by atoms with Crippen molar-refractivity contribution in [2.75, 3.05) is 47.5 Å². The van der Waals surface area contributed by atoms with E-state index in [0.717, 1.165) is 83.5 Å². The topological polar surface area (TPSA) is 121 Å². The molecular formula is C44H81NO9P+. The lowest BCUT2D eigenvalue weighted by molar-refractivity contribution is -0.870. The van der Waals surface area contributed by atoms with Gasteiger partial charge in [0.2, 0.25) is 0 Å². The van der Waals surface area contributed by atoms with Crippen molar-refractivity contribution in [3.63, 3.8) is 0 Å². The summed E-state index contributed by atoms with van der Waals surface area (Å²) in [6.07, 6.45) is 37.8. The highest BCUT2D eigenvalue weighted by molar-refractivity contribution is 7.47. The van der Waals surface area contributed by atoms with Crippen LogP contribution in [0, 0.1) is 0 Å². The summed E-state index contributed by atoms with van der Waals surface area (Å²) in [5.74, 6) is -0.837. The normalized spacial score (nSPS) is 17.6. The second-order valence-electron chi connectivity index (χ2n) is 16.1. The Kier molecular flexibility index (Phi) is 30.9. The molecule has 1 rings (SSSR count). The quantitative estimate of drug-likeness (QED) is 0.0162. The van der Waals surface area contributed by atoms with E-state index in [4.69, 9.17) is 23.3 Å². The summed E-state index contributed by atoms with van der Waals surface area (Å²) in [6.45, 7) is 4.32. The molecule has 3 unspecified atom stereocenters. The third kappa shape index (κ3) is 34.0. The molecule has 0 radical (unpaired) electrons. The Morgan fingerprint density at radius 1 is 0.673 bits per heavy atom. The predicted octanol–water partition coefficient (Wildman–Crippen LogP) is 11.1. The molecule has 11 heteroatoms. The van der Waals surface area contributed by atoms with Crippen molar-refractivity contribution >= 4 is 19.8 Å². The summed E-state index contributed by atoms with van der Waals surface area (Å²) >= 11 is 0. The molecule has 1 aliphatic rings. The van der Waals surface area contributed by atoms with Crippen LogP contribution in [-0.2, 0) is 37.4 Å². The smallest absolute Gasteiger partial charge is 0.462 e. The number of unbranched alkanes of at least 4 members (excludes halogenated alkanes) is 15. The van der Waals surface area contributed by atoms with E-state index in [0.29, 0.717) is 29.7 Å². The Labute approximate surface area is 336 Å². The van der Waals surface area contributed by atoms with Gasteiger partial charge in [-0.25, -0.2) is 4.57 Å². The fourth-order valence-corrected chi connectivity index (χ4v) is 6.73. The molecule has 320 valence electrons. The van der Waals surface area contributed by atoms with Gasteiger partial charge in [-0.05, 0) is 70.6 Å². The van der Waals surface area contributed by atoms with Crippen LogP contribution >= 0.6 is 7.82 Å². The number of carbonyl (C=O) groups excluding carboxylic acids is 2. The number of rotatable bonds is 38. The average molecular weight is 799 g/mol. The molecule has 0 bridgehead atoms. The highest BCUT2D eigenvalue weighted by Gasteiger charge is 2.36. The number of nitrogens with zero attached hydrogens (tertiary/aromatic N) is 1. The molecule has 0 aromatic rings. The standard InChI is InChI=1S/C44H80NO9P/c1-6-8-10-11-12-13-14-15-16-17-18-19-23-26-30-34-43(46)50-38-40(39-52-55(48,49)51-37-36-45(3,4)5)53-44(47)35-31-27-24-21-20-22-25-29-33-42-41(54-42)32-28-9-7-2/h12-13,15-16,25,29,40-42H,6-11,14,17-24,26-28,30-39H2,1-5H3/p+1/b13-12-,16-15-,29-25-/t40-,41?,42?/m1/s1. The summed E-state index contributed by atoms with van der Waals surface area (Å²) in [7, 11) is 1.45. The van der Waals surface area contributed by atoms with Gasteiger partial charge < -0.3 is 23.6 Å². The molecule has 4 atom stereocenters. The van der Waals surface area contributed by atoms with E-state index in [-0.39, 0.29) is 32.0 Å². The molecule has 1 N–H and O–H groups in total. The number of hydrogen-bond acceptors (Lipinski definition) is 8. The second-order valence-corrected chi connectivity index (χ2v) is 17.6. The van der Waals surface area contributed by atoms with Crippen molar-refractivity contribution in [2.45, 2.75) is 186 Å². The molecule has 0 aliphatic carbocycles. The van der Waals surface area contributed by atoms with Crippen LogP contribution < -0.4 is 0 Å². The van der Waals surface area contributed by atoms with Crippen molar-refractivity contribution < 1.29 is 46.8 Å². The summed E-state index contributed by atoms with van der Waals surface area (Å²) < 4.78 is 40.0. The first kappa shape index (κ1) is 51.2. The fourth-order valence-electron chi connectivity index (χ4n) is 5.99. The minimum Gasteiger partial charge on any atom is -0.462 e. The van der Waals surface area contributed by atoms with Crippen molar-refractivity contribution in [1.29, 1.82) is 0 Å². The van der Waals surface area contributed by atoms with E-state index in [1.54, 1.807) is 0 Å². The maximum atomic E-state index is 12.7. The Morgan fingerprint density at radius 2 is 1.22 bits per heavy atom. The lowest BCUT2D eigenvalue weighted by Crippen LogP contribution is -2.37. The van der Waals surface area contributed by atoms with Gasteiger partial charge in [0, 0.05) is 12.8 Å². The van der Waals surface area contributed by atoms with Gasteiger partial charge in [-0.1, -0.05) is 121 Å². The van der Waals surface area contributed by atoms with Crippen molar-refractivity contribution in [3.05, 3.63) is 36.5 Å². The first-order chi connectivity index (χ1) is 26.5. The molecule has 0 amide bonds. The zero-order chi connectivity index (χ0) is 40.5. The van der Waals surface area contributed by atoms with Gasteiger partial charge in [0.25, 0.3) is 0 Å².